The number of hydrogen-bond acceptors (Lipinski definition) is 4. The first-order chi connectivity index (χ1) is 9.23. The van der Waals surface area contributed by atoms with Crippen molar-refractivity contribution in [3.05, 3.63) is 27.0 Å². The molecule has 0 unspecified atom stereocenters. The number of aromatic nitrogens is 1. The smallest absolute Gasteiger partial charge is 0.326 e. The summed E-state index contributed by atoms with van der Waals surface area (Å²) in [6.45, 7) is 0. The summed E-state index contributed by atoms with van der Waals surface area (Å²) >= 11 is 17.2. The molecule has 0 saturated heterocycles. The normalized spacial score (nSPS) is 11.8. The van der Waals surface area contributed by atoms with Crippen LogP contribution in [0.15, 0.2) is 6.20 Å². The molecule has 0 aliphatic carbocycles. The van der Waals surface area contributed by atoms with Gasteiger partial charge in [-0.25, -0.2) is 9.78 Å². The number of nitrogens with zero attached hydrogens (tertiary/aromatic N) is 1. The lowest BCUT2D eigenvalue weighted by molar-refractivity contribution is -0.140. The van der Waals surface area contributed by atoms with Gasteiger partial charge in [0.05, 0.1) is 21.5 Å². The number of nitrogens with two attached hydrogens (primary N) is 1. The Balaban J connectivity index is 2.98. The number of rotatable bonds is 5. The molecule has 20 heavy (non-hydrogen) atoms. The molecule has 1 aromatic heterocycles. The van der Waals surface area contributed by atoms with E-state index in [4.69, 9.17) is 45.6 Å². The Morgan fingerprint density at radius 1 is 1.30 bits per heavy atom. The number of aliphatic carboxylic acids is 1. The topological polar surface area (TPSA) is 122 Å². The Morgan fingerprint density at radius 2 is 1.90 bits per heavy atom. The lowest BCUT2D eigenvalue weighted by atomic mass is 10.2. The van der Waals surface area contributed by atoms with Crippen molar-refractivity contribution in [1.82, 2.24) is 10.3 Å². The van der Waals surface area contributed by atoms with Gasteiger partial charge in [0, 0.05) is 6.20 Å². The number of carbonyl (C=O) groups excluding carboxylic acids is 2. The van der Waals surface area contributed by atoms with Crippen molar-refractivity contribution in [3.8, 4) is 0 Å². The van der Waals surface area contributed by atoms with Crippen molar-refractivity contribution in [2.24, 2.45) is 5.73 Å². The maximum absolute atomic E-state index is 11.9. The van der Waals surface area contributed by atoms with E-state index in [2.05, 4.69) is 10.3 Å². The van der Waals surface area contributed by atoms with Crippen molar-refractivity contribution in [2.45, 2.75) is 12.5 Å². The molecule has 2 amide bonds. The number of carboxylic acids is 1. The summed E-state index contributed by atoms with van der Waals surface area (Å²) in [7, 11) is 0. The van der Waals surface area contributed by atoms with Gasteiger partial charge in [-0.15, -0.1) is 0 Å². The molecular weight excluding hydrogens is 332 g/mol. The summed E-state index contributed by atoms with van der Waals surface area (Å²) < 4.78 is 0. The Morgan fingerprint density at radius 3 is 2.40 bits per heavy atom. The Bertz CT molecular complexity index is 579. The quantitative estimate of drug-likeness (QED) is 0.741. The van der Waals surface area contributed by atoms with Gasteiger partial charge < -0.3 is 16.2 Å². The summed E-state index contributed by atoms with van der Waals surface area (Å²) in [6.07, 6.45) is 0.522. The molecule has 10 heteroatoms. The van der Waals surface area contributed by atoms with E-state index in [1.165, 1.54) is 0 Å². The van der Waals surface area contributed by atoms with Gasteiger partial charge in [-0.3, -0.25) is 9.59 Å². The second kappa shape index (κ2) is 6.74. The average Bonchev–Trinajstić information content (AvgIpc) is 2.34. The van der Waals surface area contributed by atoms with Crippen molar-refractivity contribution < 1.29 is 19.5 Å². The maximum atomic E-state index is 11.9. The molecular formula is C10H8Cl3N3O4. The number of pyridine rings is 1. The van der Waals surface area contributed by atoms with Crippen molar-refractivity contribution in [3.63, 3.8) is 0 Å². The third-order valence-electron chi connectivity index (χ3n) is 2.14. The molecule has 4 N–H and O–H groups in total. The fourth-order valence-corrected chi connectivity index (χ4v) is 1.80. The summed E-state index contributed by atoms with van der Waals surface area (Å²) in [5.41, 5.74) is 4.58. The molecule has 0 saturated carbocycles. The molecule has 1 aromatic rings. The van der Waals surface area contributed by atoms with Crippen LogP contribution in [0.25, 0.3) is 0 Å². The molecule has 0 bridgehead atoms. The van der Waals surface area contributed by atoms with Gasteiger partial charge in [0.2, 0.25) is 5.91 Å². The van der Waals surface area contributed by atoms with Crippen molar-refractivity contribution >= 4 is 52.6 Å². The minimum atomic E-state index is -1.49. The second-order valence-electron chi connectivity index (χ2n) is 3.62. The third-order valence-corrected chi connectivity index (χ3v) is 3.38. The van der Waals surface area contributed by atoms with E-state index >= 15 is 0 Å². The fraction of sp³-hybridized carbons (Fsp3) is 0.200. The van der Waals surface area contributed by atoms with Crippen LogP contribution in [-0.4, -0.2) is 33.9 Å². The predicted octanol–water partition coefficient (Wildman–Crippen LogP) is 1.10. The van der Waals surface area contributed by atoms with E-state index in [0.29, 0.717) is 0 Å². The van der Waals surface area contributed by atoms with Gasteiger partial charge in [0.25, 0.3) is 5.91 Å². The zero-order valence-corrected chi connectivity index (χ0v) is 12.0. The van der Waals surface area contributed by atoms with E-state index in [-0.39, 0.29) is 20.8 Å². The number of hydrogen-bond donors (Lipinski definition) is 3. The highest BCUT2D eigenvalue weighted by Gasteiger charge is 2.25. The van der Waals surface area contributed by atoms with Crippen molar-refractivity contribution in [1.29, 1.82) is 0 Å². The summed E-state index contributed by atoms with van der Waals surface area (Å²) in [6, 6.07) is -1.49. The molecule has 0 fully saturated rings. The summed E-state index contributed by atoms with van der Waals surface area (Å²) in [5.74, 6) is -3.22. The number of nitrogens with one attached hydrogen (secondary N) is 1. The third kappa shape index (κ3) is 3.96. The Hall–Kier alpha value is -1.57. The van der Waals surface area contributed by atoms with Crippen LogP contribution in [0.2, 0.25) is 15.1 Å². The molecule has 0 aromatic carbocycles. The van der Waals surface area contributed by atoms with E-state index in [9.17, 15) is 14.4 Å². The molecule has 1 atom stereocenters. The molecule has 1 heterocycles. The minimum absolute atomic E-state index is 0.0418. The van der Waals surface area contributed by atoms with Crippen LogP contribution < -0.4 is 11.1 Å². The highest BCUT2D eigenvalue weighted by molar-refractivity contribution is 6.48. The second-order valence-corrected chi connectivity index (χ2v) is 4.78. The highest BCUT2D eigenvalue weighted by Crippen LogP contribution is 2.30. The molecule has 7 nitrogen and oxygen atoms in total. The molecule has 108 valence electrons. The SMILES string of the molecule is NC(=O)C[C@H](NC(=O)c1ncc(Cl)c(Cl)c1Cl)C(=O)O. The maximum Gasteiger partial charge on any atom is 0.326 e. The first kappa shape index (κ1) is 16.5. The van der Waals surface area contributed by atoms with Crippen LogP contribution in [0.1, 0.15) is 16.9 Å². The van der Waals surface area contributed by atoms with Gasteiger partial charge in [0.1, 0.15) is 11.7 Å². The zero-order valence-electron chi connectivity index (χ0n) is 9.69. The summed E-state index contributed by atoms with van der Waals surface area (Å²) in [4.78, 5) is 37.1. The number of halogens is 3. The van der Waals surface area contributed by atoms with Crippen LogP contribution in [0.5, 0.6) is 0 Å². The number of primary amides is 1. The largest absolute Gasteiger partial charge is 0.480 e. The average molecular weight is 341 g/mol. The molecule has 1 rings (SSSR count). The van der Waals surface area contributed by atoms with Gasteiger partial charge in [-0.05, 0) is 0 Å². The molecule has 0 aliphatic heterocycles. The first-order valence-electron chi connectivity index (χ1n) is 5.05. The van der Waals surface area contributed by atoms with E-state index in [0.717, 1.165) is 6.20 Å². The molecule has 0 aliphatic rings. The van der Waals surface area contributed by atoms with Crippen LogP contribution >= 0.6 is 34.8 Å². The minimum Gasteiger partial charge on any atom is -0.480 e. The van der Waals surface area contributed by atoms with Gasteiger partial charge in [-0.2, -0.15) is 0 Å². The zero-order chi connectivity index (χ0) is 15.4. The van der Waals surface area contributed by atoms with E-state index < -0.39 is 30.2 Å². The first-order valence-corrected chi connectivity index (χ1v) is 6.19. The monoisotopic (exact) mass is 339 g/mol. The summed E-state index contributed by atoms with van der Waals surface area (Å²) in [5, 5.41) is 10.7. The molecule has 0 spiro atoms. The highest BCUT2D eigenvalue weighted by atomic mass is 35.5. The number of amides is 2. The molecule has 0 radical (unpaired) electrons. The number of carbonyl (C=O) groups is 3. The Kier molecular flexibility index (Phi) is 5.55. The Labute approximate surface area is 128 Å². The predicted molar refractivity (Wildman–Crippen MR) is 72.0 cm³/mol. The van der Waals surface area contributed by atoms with Crippen LogP contribution in [0, 0.1) is 0 Å². The number of carboxylic acid groups (broad SMARTS) is 1. The van der Waals surface area contributed by atoms with E-state index in [1.54, 1.807) is 0 Å². The van der Waals surface area contributed by atoms with Crippen LogP contribution in [0.4, 0.5) is 0 Å². The lowest BCUT2D eigenvalue weighted by Gasteiger charge is -2.13. The standard InChI is InChI=1S/C10H8Cl3N3O4/c11-3-2-15-8(7(13)6(3)12)9(18)16-4(10(19)20)1-5(14)17/h2,4H,1H2,(H2,14,17)(H,16,18)(H,19,20)/t4-/m0/s1. The van der Waals surface area contributed by atoms with Crippen molar-refractivity contribution in [2.75, 3.05) is 0 Å². The van der Waals surface area contributed by atoms with Gasteiger partial charge in [-0.1, -0.05) is 34.8 Å². The van der Waals surface area contributed by atoms with Gasteiger partial charge >= 0.3 is 5.97 Å². The van der Waals surface area contributed by atoms with Crippen LogP contribution in [-0.2, 0) is 9.59 Å². The van der Waals surface area contributed by atoms with Crippen LogP contribution in [0.3, 0.4) is 0 Å². The van der Waals surface area contributed by atoms with Gasteiger partial charge in [0.15, 0.2) is 0 Å². The lowest BCUT2D eigenvalue weighted by Crippen LogP contribution is -2.43. The fourth-order valence-electron chi connectivity index (χ4n) is 1.23. The van der Waals surface area contributed by atoms with E-state index in [1.807, 2.05) is 0 Å².